The van der Waals surface area contributed by atoms with Crippen molar-refractivity contribution in [2.75, 3.05) is 12.8 Å². The summed E-state index contributed by atoms with van der Waals surface area (Å²) in [6, 6.07) is 6.42. The van der Waals surface area contributed by atoms with Gasteiger partial charge in [0.1, 0.15) is 40.6 Å². The molecule has 3 N–H and O–H groups in total. The van der Waals surface area contributed by atoms with E-state index >= 15 is 0 Å². The number of nitriles is 2. The van der Waals surface area contributed by atoms with E-state index in [9.17, 15) is 28.5 Å². The summed E-state index contributed by atoms with van der Waals surface area (Å²) in [6.45, 7) is 0. The predicted molar refractivity (Wildman–Crippen MR) is 79.6 cm³/mol. The maximum absolute atomic E-state index is 12.3. The summed E-state index contributed by atoms with van der Waals surface area (Å²) in [7, 11) is 1.17. The topological polar surface area (TPSA) is 125 Å². The lowest BCUT2D eigenvalue weighted by Gasteiger charge is -2.15. The Labute approximate surface area is 138 Å². The number of pyridine rings is 1. The van der Waals surface area contributed by atoms with E-state index in [4.69, 9.17) is 10.5 Å². The number of nitrogens with zero attached hydrogens (tertiary/aromatic N) is 2. The van der Waals surface area contributed by atoms with Gasteiger partial charge >= 0.3 is 6.36 Å². The van der Waals surface area contributed by atoms with Crippen LogP contribution in [0.25, 0.3) is 11.1 Å². The van der Waals surface area contributed by atoms with Gasteiger partial charge in [0, 0.05) is 17.2 Å². The number of nitrogens with two attached hydrogens (primary N) is 1. The highest BCUT2D eigenvalue weighted by Gasteiger charge is 2.31. The Morgan fingerprint density at radius 3 is 2.36 bits per heavy atom. The van der Waals surface area contributed by atoms with Gasteiger partial charge in [-0.1, -0.05) is 0 Å². The molecule has 0 fully saturated rings. The first-order valence-corrected chi connectivity index (χ1v) is 6.52. The van der Waals surface area contributed by atoms with Crippen molar-refractivity contribution in [3.63, 3.8) is 0 Å². The molecule has 0 saturated carbocycles. The van der Waals surface area contributed by atoms with Crippen LogP contribution in [-0.4, -0.2) is 18.5 Å². The molecular formula is C15H9F3N4O3. The maximum atomic E-state index is 12.3. The van der Waals surface area contributed by atoms with E-state index in [-0.39, 0.29) is 28.3 Å². The monoisotopic (exact) mass is 350 g/mol. The van der Waals surface area contributed by atoms with Crippen molar-refractivity contribution in [2.24, 2.45) is 0 Å². The molecule has 0 aliphatic rings. The molecule has 0 unspecified atom stereocenters. The van der Waals surface area contributed by atoms with E-state index in [1.54, 1.807) is 12.1 Å². The fraction of sp³-hybridized carbons (Fsp3) is 0.133. The average Bonchev–Trinajstić information content (AvgIpc) is 2.52. The quantitative estimate of drug-likeness (QED) is 0.875. The smallest absolute Gasteiger partial charge is 0.496 e. The second kappa shape index (κ2) is 6.45. The van der Waals surface area contributed by atoms with Gasteiger partial charge in [-0.05, 0) is 12.1 Å². The average molecular weight is 350 g/mol. The van der Waals surface area contributed by atoms with Gasteiger partial charge in [0.2, 0.25) is 0 Å². The second-order valence-electron chi connectivity index (χ2n) is 4.63. The molecule has 7 nitrogen and oxygen atoms in total. The number of nitrogen functional groups attached to an aromatic ring is 1. The van der Waals surface area contributed by atoms with Crippen LogP contribution in [0, 0.1) is 22.7 Å². The Balaban J connectivity index is 2.78. The van der Waals surface area contributed by atoms with Crippen LogP contribution in [0.5, 0.6) is 11.5 Å². The number of hydrogen-bond acceptors (Lipinski definition) is 6. The number of aromatic amines is 1. The number of rotatable bonds is 3. The Bertz CT molecular complexity index is 968. The minimum Gasteiger partial charge on any atom is -0.496 e. The summed E-state index contributed by atoms with van der Waals surface area (Å²) in [4.78, 5) is 14.1. The van der Waals surface area contributed by atoms with Crippen molar-refractivity contribution in [3.8, 4) is 34.8 Å². The number of ether oxygens (including phenoxy) is 2. The number of methoxy groups -OCH3 is 1. The molecule has 2 rings (SSSR count). The third kappa shape index (κ3) is 3.48. The van der Waals surface area contributed by atoms with Gasteiger partial charge in [0.25, 0.3) is 5.56 Å². The van der Waals surface area contributed by atoms with Crippen molar-refractivity contribution in [2.45, 2.75) is 6.36 Å². The summed E-state index contributed by atoms with van der Waals surface area (Å²) in [5.74, 6) is -0.984. The summed E-state index contributed by atoms with van der Waals surface area (Å²) < 4.78 is 45.8. The van der Waals surface area contributed by atoms with Crippen LogP contribution in [0.15, 0.2) is 23.0 Å². The molecule has 1 aromatic heterocycles. The first-order chi connectivity index (χ1) is 11.7. The molecule has 0 atom stereocenters. The Hall–Kier alpha value is -3.66. The van der Waals surface area contributed by atoms with Crippen LogP contribution in [0.1, 0.15) is 11.1 Å². The van der Waals surface area contributed by atoms with Gasteiger partial charge in [0.15, 0.2) is 0 Å². The molecule has 0 aliphatic carbocycles. The summed E-state index contributed by atoms with van der Waals surface area (Å²) in [5, 5.41) is 18.5. The molecule has 128 valence electrons. The highest BCUT2D eigenvalue weighted by Crippen LogP contribution is 2.38. The van der Waals surface area contributed by atoms with Crippen LogP contribution in [0.2, 0.25) is 0 Å². The first kappa shape index (κ1) is 17.7. The van der Waals surface area contributed by atoms with Crippen molar-refractivity contribution in [1.29, 1.82) is 10.5 Å². The van der Waals surface area contributed by atoms with Gasteiger partial charge in [-0.25, -0.2) is 0 Å². The molecule has 2 aromatic rings. The first-order valence-electron chi connectivity index (χ1n) is 6.52. The van der Waals surface area contributed by atoms with E-state index in [0.29, 0.717) is 0 Å². The van der Waals surface area contributed by atoms with Gasteiger partial charge in [-0.15, -0.1) is 13.2 Å². The highest BCUT2D eigenvalue weighted by molar-refractivity contribution is 5.83. The van der Waals surface area contributed by atoms with Crippen LogP contribution < -0.4 is 20.8 Å². The van der Waals surface area contributed by atoms with Crippen LogP contribution in [0.4, 0.5) is 19.0 Å². The van der Waals surface area contributed by atoms with Crippen molar-refractivity contribution in [1.82, 2.24) is 4.98 Å². The number of aromatic nitrogens is 1. The third-order valence-corrected chi connectivity index (χ3v) is 3.14. The van der Waals surface area contributed by atoms with Gasteiger partial charge in [-0.2, -0.15) is 10.5 Å². The van der Waals surface area contributed by atoms with Crippen LogP contribution >= 0.6 is 0 Å². The summed E-state index contributed by atoms with van der Waals surface area (Å²) >= 11 is 0. The third-order valence-electron chi connectivity index (χ3n) is 3.14. The lowest BCUT2D eigenvalue weighted by Crippen LogP contribution is -2.17. The minimum absolute atomic E-state index is 0.0444. The zero-order valence-electron chi connectivity index (χ0n) is 12.6. The molecule has 1 heterocycles. The Morgan fingerprint density at radius 1 is 1.20 bits per heavy atom. The number of alkyl halides is 3. The summed E-state index contributed by atoms with van der Waals surface area (Å²) in [5.41, 5.74) is 4.03. The van der Waals surface area contributed by atoms with E-state index in [1.807, 2.05) is 0 Å². The van der Waals surface area contributed by atoms with Crippen molar-refractivity contribution >= 4 is 5.82 Å². The largest absolute Gasteiger partial charge is 0.573 e. The zero-order chi connectivity index (χ0) is 18.8. The molecule has 0 radical (unpaired) electrons. The van der Waals surface area contributed by atoms with Crippen molar-refractivity contribution in [3.05, 3.63) is 39.7 Å². The molecule has 0 bridgehead atoms. The second-order valence-corrected chi connectivity index (χ2v) is 4.63. The molecule has 0 spiro atoms. The van der Waals surface area contributed by atoms with E-state index in [2.05, 4.69) is 9.72 Å². The van der Waals surface area contributed by atoms with E-state index < -0.39 is 23.2 Å². The maximum Gasteiger partial charge on any atom is 0.573 e. The number of nitrogens with one attached hydrogen (secondary N) is 1. The highest BCUT2D eigenvalue weighted by atomic mass is 19.4. The SMILES string of the molecule is COc1cc(OC(F)(F)F)ccc1-c1c(C#N)c(N)[nH]c(=O)c1C#N. The lowest BCUT2D eigenvalue weighted by molar-refractivity contribution is -0.274. The number of benzene rings is 1. The molecule has 1 aromatic carbocycles. The molecule has 25 heavy (non-hydrogen) atoms. The predicted octanol–water partition coefficient (Wildman–Crippen LogP) is 2.27. The molecule has 0 saturated heterocycles. The fourth-order valence-corrected chi connectivity index (χ4v) is 2.19. The van der Waals surface area contributed by atoms with Crippen LogP contribution in [0.3, 0.4) is 0 Å². The Morgan fingerprint density at radius 2 is 1.84 bits per heavy atom. The number of hydrogen-bond donors (Lipinski definition) is 2. The Kier molecular flexibility index (Phi) is 4.57. The normalized spacial score (nSPS) is 10.6. The number of anilines is 1. The molecule has 10 heteroatoms. The van der Waals surface area contributed by atoms with Gasteiger partial charge in [-0.3, -0.25) is 4.79 Å². The van der Waals surface area contributed by atoms with Gasteiger partial charge < -0.3 is 20.2 Å². The lowest BCUT2D eigenvalue weighted by atomic mass is 9.96. The fourth-order valence-electron chi connectivity index (χ4n) is 2.19. The van der Waals surface area contributed by atoms with E-state index in [0.717, 1.165) is 18.2 Å². The number of H-pyrrole nitrogens is 1. The van der Waals surface area contributed by atoms with Gasteiger partial charge in [0.05, 0.1) is 7.11 Å². The molecular weight excluding hydrogens is 341 g/mol. The molecule has 0 aliphatic heterocycles. The molecule has 0 amide bonds. The van der Waals surface area contributed by atoms with E-state index in [1.165, 1.54) is 7.11 Å². The zero-order valence-corrected chi connectivity index (χ0v) is 12.6. The minimum atomic E-state index is -4.91. The van der Waals surface area contributed by atoms with Crippen molar-refractivity contribution < 1.29 is 22.6 Å². The number of halogens is 3. The van der Waals surface area contributed by atoms with Crippen LogP contribution in [-0.2, 0) is 0 Å². The summed E-state index contributed by atoms with van der Waals surface area (Å²) in [6.07, 6.45) is -4.91. The standard InChI is InChI=1S/C15H9F3N4O3/c1-24-11-4-7(25-15(16,17)18)2-3-8(11)12-9(5-19)13(21)22-14(23)10(12)6-20/h2-4H,1H3,(H3,21,22,23).